The van der Waals surface area contributed by atoms with Crippen molar-refractivity contribution < 1.29 is 14.6 Å². The summed E-state index contributed by atoms with van der Waals surface area (Å²) >= 11 is 0. The van der Waals surface area contributed by atoms with Crippen molar-refractivity contribution in [1.82, 2.24) is 0 Å². The zero-order valence-electron chi connectivity index (χ0n) is 6.37. The number of phenols is 1. The first-order chi connectivity index (χ1) is 5.65. The molecule has 0 spiro atoms. The Morgan fingerprint density at radius 1 is 1.50 bits per heavy atom. The van der Waals surface area contributed by atoms with Crippen LogP contribution in [0.3, 0.4) is 0 Å². The van der Waals surface area contributed by atoms with Crippen LogP contribution < -0.4 is 5.73 Å². The molecule has 1 aromatic rings. The van der Waals surface area contributed by atoms with E-state index in [4.69, 9.17) is 15.9 Å². The van der Waals surface area contributed by atoms with Crippen LogP contribution in [0.2, 0.25) is 0 Å². The third-order valence-electron chi connectivity index (χ3n) is 1.59. The summed E-state index contributed by atoms with van der Waals surface area (Å²) in [4.78, 5) is 0. The van der Waals surface area contributed by atoms with Crippen molar-refractivity contribution in [2.75, 3.05) is 6.61 Å². The van der Waals surface area contributed by atoms with E-state index in [9.17, 15) is 4.39 Å². The predicted octanol–water partition coefficient (Wildman–Crippen LogP) is 0.523. The van der Waals surface area contributed by atoms with Gasteiger partial charge >= 0.3 is 0 Å². The number of aromatic hydroxyl groups is 1. The average Bonchev–Trinajstić information content (AvgIpc) is 2.03. The molecule has 1 unspecified atom stereocenters. The van der Waals surface area contributed by atoms with Crippen molar-refractivity contribution in [3.63, 3.8) is 0 Å². The number of aliphatic hydroxyl groups is 1. The molecule has 0 fully saturated rings. The van der Waals surface area contributed by atoms with Gasteiger partial charge in [-0.15, -0.1) is 0 Å². The number of hydrogen-bond donors (Lipinski definition) is 3. The molecule has 0 saturated heterocycles. The average molecular weight is 171 g/mol. The van der Waals surface area contributed by atoms with Gasteiger partial charge in [0.2, 0.25) is 0 Å². The highest BCUT2D eigenvalue weighted by molar-refractivity contribution is 5.34. The van der Waals surface area contributed by atoms with Crippen molar-refractivity contribution in [3.05, 3.63) is 29.6 Å². The summed E-state index contributed by atoms with van der Waals surface area (Å²) in [6.07, 6.45) is 0. The Morgan fingerprint density at radius 3 is 2.67 bits per heavy atom. The molecule has 0 amide bonds. The van der Waals surface area contributed by atoms with Gasteiger partial charge in [0.05, 0.1) is 12.6 Å². The standard InChI is InChI=1S/C8H10FNO2/c9-5-1-2-6(7(10)4-11)8(12)3-5/h1-3,7,11-12H,4,10H2. The lowest BCUT2D eigenvalue weighted by Crippen LogP contribution is -2.14. The first-order valence-electron chi connectivity index (χ1n) is 3.50. The van der Waals surface area contributed by atoms with E-state index in [1.165, 1.54) is 12.1 Å². The third-order valence-corrected chi connectivity index (χ3v) is 1.59. The number of nitrogens with two attached hydrogens (primary N) is 1. The molecule has 1 aromatic carbocycles. The van der Waals surface area contributed by atoms with Crippen LogP contribution in [0.25, 0.3) is 0 Å². The van der Waals surface area contributed by atoms with Crippen LogP contribution in [0.15, 0.2) is 18.2 Å². The second-order valence-corrected chi connectivity index (χ2v) is 2.49. The number of aliphatic hydroxyl groups excluding tert-OH is 1. The van der Waals surface area contributed by atoms with Crippen LogP contribution in [0.1, 0.15) is 11.6 Å². The predicted molar refractivity (Wildman–Crippen MR) is 42.1 cm³/mol. The minimum atomic E-state index is -0.661. The molecule has 66 valence electrons. The molecule has 0 bridgehead atoms. The minimum absolute atomic E-state index is 0.225. The number of phenolic OH excluding ortho intramolecular Hbond substituents is 1. The van der Waals surface area contributed by atoms with E-state index >= 15 is 0 Å². The van der Waals surface area contributed by atoms with Gasteiger partial charge in [-0.05, 0) is 6.07 Å². The van der Waals surface area contributed by atoms with E-state index in [-0.39, 0.29) is 12.4 Å². The van der Waals surface area contributed by atoms with Crippen molar-refractivity contribution in [3.8, 4) is 5.75 Å². The molecule has 0 radical (unpaired) electrons. The maximum absolute atomic E-state index is 12.5. The SMILES string of the molecule is NC(CO)c1ccc(F)cc1O. The maximum atomic E-state index is 12.5. The molecule has 1 atom stereocenters. The molecule has 0 heterocycles. The van der Waals surface area contributed by atoms with Gasteiger partial charge in [0, 0.05) is 11.6 Å². The molecule has 0 aromatic heterocycles. The quantitative estimate of drug-likeness (QED) is 0.607. The van der Waals surface area contributed by atoms with Crippen molar-refractivity contribution in [1.29, 1.82) is 0 Å². The van der Waals surface area contributed by atoms with Gasteiger partial charge in [0.15, 0.2) is 0 Å². The lowest BCUT2D eigenvalue weighted by Gasteiger charge is -2.09. The summed E-state index contributed by atoms with van der Waals surface area (Å²) in [6, 6.07) is 2.84. The lowest BCUT2D eigenvalue weighted by atomic mass is 10.1. The van der Waals surface area contributed by atoms with Gasteiger partial charge in [-0.25, -0.2) is 4.39 Å². The molecule has 3 nitrogen and oxygen atoms in total. The fourth-order valence-electron chi connectivity index (χ4n) is 0.929. The molecule has 1 rings (SSSR count). The largest absolute Gasteiger partial charge is 0.508 e. The first kappa shape index (κ1) is 8.96. The smallest absolute Gasteiger partial charge is 0.126 e. The number of halogens is 1. The summed E-state index contributed by atoms with van der Waals surface area (Å²) in [7, 11) is 0. The molecule has 4 N–H and O–H groups in total. The normalized spacial score (nSPS) is 12.9. The molecule has 0 aliphatic carbocycles. The molecule has 0 aliphatic heterocycles. The van der Waals surface area contributed by atoms with Crippen molar-refractivity contribution >= 4 is 0 Å². The third kappa shape index (κ3) is 1.72. The highest BCUT2D eigenvalue weighted by Gasteiger charge is 2.09. The van der Waals surface area contributed by atoms with E-state index in [1.54, 1.807) is 0 Å². The Balaban J connectivity index is 3.01. The zero-order chi connectivity index (χ0) is 9.14. The van der Waals surface area contributed by atoms with Crippen molar-refractivity contribution in [2.45, 2.75) is 6.04 Å². The van der Waals surface area contributed by atoms with Gasteiger partial charge in [-0.1, -0.05) is 6.07 Å². The van der Waals surface area contributed by atoms with E-state index in [2.05, 4.69) is 0 Å². The Bertz CT molecular complexity index is 278. The molecule has 4 heteroatoms. The van der Waals surface area contributed by atoms with E-state index in [0.29, 0.717) is 5.56 Å². The van der Waals surface area contributed by atoms with Gasteiger partial charge in [0.1, 0.15) is 11.6 Å². The number of benzene rings is 1. The molecular weight excluding hydrogens is 161 g/mol. The van der Waals surface area contributed by atoms with Gasteiger partial charge in [-0.3, -0.25) is 0 Å². The Labute approximate surface area is 69.3 Å². The highest BCUT2D eigenvalue weighted by Crippen LogP contribution is 2.22. The topological polar surface area (TPSA) is 66.5 Å². The fourth-order valence-corrected chi connectivity index (χ4v) is 0.929. The summed E-state index contributed by atoms with van der Waals surface area (Å²) in [5, 5.41) is 17.8. The summed E-state index contributed by atoms with van der Waals surface area (Å²) in [5.74, 6) is -0.752. The van der Waals surface area contributed by atoms with E-state index in [1.807, 2.05) is 0 Å². The Morgan fingerprint density at radius 2 is 2.17 bits per heavy atom. The highest BCUT2D eigenvalue weighted by atomic mass is 19.1. The lowest BCUT2D eigenvalue weighted by molar-refractivity contribution is 0.265. The second kappa shape index (κ2) is 3.51. The zero-order valence-corrected chi connectivity index (χ0v) is 6.37. The Kier molecular flexibility index (Phi) is 2.62. The first-order valence-corrected chi connectivity index (χ1v) is 3.50. The molecule has 0 saturated carbocycles. The summed E-state index contributed by atoms with van der Waals surface area (Å²) in [5.41, 5.74) is 5.76. The number of rotatable bonds is 2. The molecular formula is C8H10FNO2. The molecule has 12 heavy (non-hydrogen) atoms. The van der Waals surface area contributed by atoms with Crippen LogP contribution in [0.5, 0.6) is 5.75 Å². The second-order valence-electron chi connectivity index (χ2n) is 2.49. The van der Waals surface area contributed by atoms with Crippen LogP contribution >= 0.6 is 0 Å². The summed E-state index contributed by atoms with van der Waals surface area (Å²) < 4.78 is 12.5. The van der Waals surface area contributed by atoms with E-state index < -0.39 is 11.9 Å². The Hall–Kier alpha value is -1.13. The van der Waals surface area contributed by atoms with Crippen LogP contribution in [0, 0.1) is 5.82 Å². The number of hydrogen-bond acceptors (Lipinski definition) is 3. The van der Waals surface area contributed by atoms with Gasteiger partial charge < -0.3 is 15.9 Å². The monoisotopic (exact) mass is 171 g/mol. The van der Waals surface area contributed by atoms with Crippen LogP contribution in [-0.4, -0.2) is 16.8 Å². The van der Waals surface area contributed by atoms with E-state index in [0.717, 1.165) is 6.07 Å². The van der Waals surface area contributed by atoms with Gasteiger partial charge in [-0.2, -0.15) is 0 Å². The maximum Gasteiger partial charge on any atom is 0.126 e. The minimum Gasteiger partial charge on any atom is -0.508 e. The van der Waals surface area contributed by atoms with Crippen LogP contribution in [-0.2, 0) is 0 Å². The van der Waals surface area contributed by atoms with Crippen LogP contribution in [0.4, 0.5) is 4.39 Å². The van der Waals surface area contributed by atoms with Crippen molar-refractivity contribution in [2.24, 2.45) is 5.73 Å². The fraction of sp³-hybridized carbons (Fsp3) is 0.250. The summed E-state index contributed by atoms with van der Waals surface area (Å²) in [6.45, 7) is -0.279. The van der Waals surface area contributed by atoms with Gasteiger partial charge in [0.25, 0.3) is 0 Å². The molecule has 0 aliphatic rings.